The van der Waals surface area contributed by atoms with Crippen LogP contribution in [0, 0.1) is 16.7 Å². The third-order valence-electron chi connectivity index (χ3n) is 4.79. The van der Waals surface area contributed by atoms with Crippen LogP contribution in [-0.4, -0.2) is 19.6 Å². The first-order valence-electron chi connectivity index (χ1n) is 9.14. The Morgan fingerprint density at radius 3 is 2.68 bits per heavy atom. The summed E-state index contributed by atoms with van der Waals surface area (Å²) in [5.74, 6) is 1.22. The third-order valence-corrected chi connectivity index (χ3v) is 4.79. The quantitative estimate of drug-likeness (QED) is 0.725. The highest BCUT2D eigenvalue weighted by Gasteiger charge is 2.39. The average molecular weight is 344 g/mol. The number of nitrogens with zero attached hydrogens (tertiary/aromatic N) is 1. The minimum Gasteiger partial charge on any atom is -0.493 e. The van der Waals surface area contributed by atoms with Crippen LogP contribution in [0.2, 0.25) is 0 Å². The summed E-state index contributed by atoms with van der Waals surface area (Å²) in [6.07, 6.45) is 6.38. The number of carbonyl (C=O) groups is 1. The van der Waals surface area contributed by atoms with Crippen molar-refractivity contribution in [3.8, 4) is 17.6 Å². The second kappa shape index (κ2) is 9.31. The molecule has 0 heterocycles. The van der Waals surface area contributed by atoms with Gasteiger partial charge in [-0.2, -0.15) is 5.26 Å². The van der Waals surface area contributed by atoms with Gasteiger partial charge in [-0.3, -0.25) is 4.79 Å². The maximum Gasteiger partial charge on any atom is 0.240 e. The Bertz CT molecular complexity index is 616. The fourth-order valence-electron chi connectivity index (χ4n) is 3.16. The Hall–Kier alpha value is -2.22. The van der Waals surface area contributed by atoms with Crippen LogP contribution in [0.25, 0.3) is 0 Å². The molecule has 136 valence electrons. The Labute approximate surface area is 150 Å². The van der Waals surface area contributed by atoms with E-state index in [0.29, 0.717) is 37.5 Å². The van der Waals surface area contributed by atoms with E-state index in [1.807, 2.05) is 18.2 Å². The summed E-state index contributed by atoms with van der Waals surface area (Å²) in [5.41, 5.74) is 0.0721. The molecule has 0 aromatic heterocycles. The monoisotopic (exact) mass is 344 g/mol. The molecule has 0 unspecified atom stereocenters. The number of nitrogens with one attached hydrogen (secondary N) is 1. The van der Waals surface area contributed by atoms with Gasteiger partial charge in [0, 0.05) is 6.54 Å². The highest BCUT2D eigenvalue weighted by atomic mass is 16.5. The molecule has 5 nitrogen and oxygen atoms in total. The number of methoxy groups -OCH3 is 1. The molecule has 0 saturated heterocycles. The van der Waals surface area contributed by atoms with Gasteiger partial charge in [-0.05, 0) is 37.0 Å². The largest absolute Gasteiger partial charge is 0.493 e. The van der Waals surface area contributed by atoms with Crippen molar-refractivity contribution in [2.75, 3.05) is 13.7 Å². The summed E-state index contributed by atoms with van der Waals surface area (Å²) in [6.45, 7) is 3.16. The Morgan fingerprint density at radius 1 is 1.28 bits per heavy atom. The van der Waals surface area contributed by atoms with Gasteiger partial charge >= 0.3 is 0 Å². The van der Waals surface area contributed by atoms with Gasteiger partial charge in [0.2, 0.25) is 5.91 Å². The molecule has 0 radical (unpaired) electrons. The highest BCUT2D eigenvalue weighted by molar-refractivity contribution is 5.85. The number of nitriles is 1. The normalized spacial score (nSPS) is 15.9. The first-order chi connectivity index (χ1) is 12.1. The van der Waals surface area contributed by atoms with Crippen molar-refractivity contribution in [3.05, 3.63) is 23.8 Å². The number of unbranched alkanes of at least 4 members (excludes halogenated alkanes) is 1. The highest BCUT2D eigenvalue weighted by Crippen LogP contribution is 2.36. The molecule has 1 aliphatic carbocycles. The van der Waals surface area contributed by atoms with E-state index in [9.17, 15) is 10.1 Å². The van der Waals surface area contributed by atoms with Crippen molar-refractivity contribution in [3.63, 3.8) is 0 Å². The fourth-order valence-corrected chi connectivity index (χ4v) is 3.16. The molecule has 25 heavy (non-hydrogen) atoms. The minimum absolute atomic E-state index is 0.156. The second-order valence-corrected chi connectivity index (χ2v) is 6.62. The van der Waals surface area contributed by atoms with E-state index >= 15 is 0 Å². The predicted octanol–water partition coefficient (Wildman–Crippen LogP) is 3.96. The summed E-state index contributed by atoms with van der Waals surface area (Å²) < 4.78 is 11.1. The summed E-state index contributed by atoms with van der Waals surface area (Å²) in [6, 6.07) is 7.93. The second-order valence-electron chi connectivity index (χ2n) is 6.62. The zero-order valence-electron chi connectivity index (χ0n) is 15.3. The van der Waals surface area contributed by atoms with Gasteiger partial charge in [0.15, 0.2) is 11.5 Å². The summed E-state index contributed by atoms with van der Waals surface area (Å²) >= 11 is 0. The van der Waals surface area contributed by atoms with Gasteiger partial charge in [-0.15, -0.1) is 0 Å². The van der Waals surface area contributed by atoms with Crippen molar-refractivity contribution in [2.24, 2.45) is 5.41 Å². The van der Waals surface area contributed by atoms with Crippen molar-refractivity contribution in [2.45, 2.75) is 58.4 Å². The number of carbonyl (C=O) groups excluding carboxylic acids is 1. The van der Waals surface area contributed by atoms with Crippen molar-refractivity contribution < 1.29 is 14.3 Å². The van der Waals surface area contributed by atoms with Crippen LogP contribution in [0.4, 0.5) is 0 Å². The SMILES string of the molecule is CCCCOc1ccc(CNC(=O)C2(C#N)CCCCC2)cc1OC. The molecule has 1 aromatic rings. The van der Waals surface area contributed by atoms with Crippen molar-refractivity contribution >= 4 is 5.91 Å². The Balaban J connectivity index is 1.98. The number of hydrogen-bond acceptors (Lipinski definition) is 4. The molecule has 0 spiro atoms. The van der Waals surface area contributed by atoms with Crippen LogP contribution in [0.3, 0.4) is 0 Å². The van der Waals surface area contributed by atoms with Crippen molar-refractivity contribution in [1.82, 2.24) is 5.32 Å². The van der Waals surface area contributed by atoms with E-state index in [-0.39, 0.29) is 5.91 Å². The lowest BCUT2D eigenvalue weighted by Crippen LogP contribution is -2.41. The summed E-state index contributed by atoms with van der Waals surface area (Å²) in [5, 5.41) is 12.4. The molecule has 5 heteroatoms. The third kappa shape index (κ3) is 4.88. The predicted molar refractivity (Wildman–Crippen MR) is 96.4 cm³/mol. The summed E-state index contributed by atoms with van der Waals surface area (Å²) in [4.78, 5) is 12.5. The van der Waals surface area contributed by atoms with Crippen LogP contribution in [0.5, 0.6) is 11.5 Å². The summed E-state index contributed by atoms with van der Waals surface area (Å²) in [7, 11) is 1.61. The zero-order chi connectivity index (χ0) is 18.1. The molecule has 1 aliphatic rings. The topological polar surface area (TPSA) is 71.3 Å². The fraction of sp³-hybridized carbons (Fsp3) is 0.600. The number of benzene rings is 1. The van der Waals surface area contributed by atoms with Gasteiger partial charge in [0.1, 0.15) is 5.41 Å². The van der Waals surface area contributed by atoms with Crippen molar-refractivity contribution in [1.29, 1.82) is 5.26 Å². The van der Waals surface area contributed by atoms with Gasteiger partial charge in [-0.25, -0.2) is 0 Å². The standard InChI is InChI=1S/C20H28N2O3/c1-3-4-12-25-17-9-8-16(13-18(17)24-2)14-22-19(23)20(15-21)10-6-5-7-11-20/h8-9,13H,3-7,10-12,14H2,1-2H3,(H,22,23). The molecule has 0 atom stereocenters. The first kappa shape index (κ1) is 19.1. The lowest BCUT2D eigenvalue weighted by atomic mass is 9.74. The molecule has 1 aromatic carbocycles. The minimum atomic E-state index is -0.856. The van der Waals surface area contributed by atoms with Crippen LogP contribution < -0.4 is 14.8 Å². The Morgan fingerprint density at radius 2 is 2.04 bits per heavy atom. The van der Waals surface area contributed by atoms with E-state index in [1.54, 1.807) is 7.11 Å². The lowest BCUT2D eigenvalue weighted by Gasteiger charge is -2.29. The molecule has 1 amide bonds. The number of amides is 1. The van der Waals surface area contributed by atoms with E-state index in [2.05, 4.69) is 18.3 Å². The van der Waals surface area contributed by atoms with E-state index < -0.39 is 5.41 Å². The first-order valence-corrected chi connectivity index (χ1v) is 9.14. The van der Waals surface area contributed by atoms with E-state index in [1.165, 1.54) is 0 Å². The molecule has 2 rings (SSSR count). The molecule has 1 saturated carbocycles. The number of hydrogen-bond donors (Lipinski definition) is 1. The molecule has 1 fully saturated rings. The van der Waals surface area contributed by atoms with E-state index in [4.69, 9.17) is 9.47 Å². The molecular formula is C20H28N2O3. The molecular weight excluding hydrogens is 316 g/mol. The van der Waals surface area contributed by atoms with Gasteiger partial charge < -0.3 is 14.8 Å². The molecule has 0 bridgehead atoms. The molecule has 1 N–H and O–H groups in total. The molecule has 0 aliphatic heterocycles. The average Bonchev–Trinajstić information content (AvgIpc) is 2.67. The van der Waals surface area contributed by atoms with Crippen LogP contribution in [-0.2, 0) is 11.3 Å². The smallest absolute Gasteiger partial charge is 0.240 e. The van der Waals surface area contributed by atoms with Crippen LogP contribution >= 0.6 is 0 Å². The van der Waals surface area contributed by atoms with Gasteiger partial charge in [0.05, 0.1) is 19.8 Å². The van der Waals surface area contributed by atoms with Crippen LogP contribution in [0.1, 0.15) is 57.4 Å². The maximum atomic E-state index is 12.5. The van der Waals surface area contributed by atoms with E-state index in [0.717, 1.165) is 37.7 Å². The van der Waals surface area contributed by atoms with Gasteiger partial charge in [-0.1, -0.05) is 38.7 Å². The maximum absolute atomic E-state index is 12.5. The van der Waals surface area contributed by atoms with Crippen LogP contribution in [0.15, 0.2) is 18.2 Å². The lowest BCUT2D eigenvalue weighted by molar-refractivity contribution is -0.129. The number of ether oxygens (including phenoxy) is 2. The zero-order valence-corrected chi connectivity index (χ0v) is 15.3. The number of rotatable bonds is 8. The Kier molecular flexibility index (Phi) is 7.12. The van der Waals surface area contributed by atoms with Gasteiger partial charge in [0.25, 0.3) is 0 Å².